The first-order chi connectivity index (χ1) is 14.0. The molecular weight excluding hydrogens is 378 g/mol. The molecule has 0 atom stereocenters. The Balaban J connectivity index is 1.77. The molecule has 3 aromatic carbocycles. The van der Waals surface area contributed by atoms with Crippen LogP contribution in [0.5, 0.6) is 0 Å². The molecule has 0 saturated heterocycles. The third kappa shape index (κ3) is 4.34. The lowest BCUT2D eigenvalue weighted by Crippen LogP contribution is -2.35. The van der Waals surface area contributed by atoms with Gasteiger partial charge in [0.15, 0.2) is 0 Å². The minimum absolute atomic E-state index is 0.357. The fraction of sp³-hybridized carbons (Fsp3) is 0.200. The zero-order chi connectivity index (χ0) is 20.3. The second-order valence-corrected chi connectivity index (χ2v) is 9.43. The van der Waals surface area contributed by atoms with E-state index >= 15 is 0 Å². The summed E-state index contributed by atoms with van der Waals surface area (Å²) in [6, 6.07) is 25.5. The van der Waals surface area contributed by atoms with Crippen molar-refractivity contribution in [2.24, 2.45) is 0 Å². The minimum atomic E-state index is -3.55. The van der Waals surface area contributed by atoms with Crippen LogP contribution in [0.15, 0.2) is 83.8 Å². The molecule has 1 heterocycles. The van der Waals surface area contributed by atoms with E-state index in [1.165, 1.54) is 5.56 Å². The number of benzene rings is 3. The molecule has 0 N–H and O–H groups in total. The van der Waals surface area contributed by atoms with Gasteiger partial charge < -0.3 is 0 Å². The maximum Gasteiger partial charge on any atom is 0.243 e. The first-order valence-electron chi connectivity index (χ1n) is 9.95. The molecular formula is C25H25NO2S. The monoisotopic (exact) mass is 403 g/mol. The molecule has 0 aromatic heterocycles. The predicted octanol–water partition coefficient (Wildman–Crippen LogP) is 5.17. The lowest BCUT2D eigenvalue weighted by molar-refractivity contribution is 0.435. The van der Waals surface area contributed by atoms with Gasteiger partial charge in [-0.15, -0.1) is 0 Å². The van der Waals surface area contributed by atoms with Crippen molar-refractivity contribution in [1.82, 2.24) is 4.31 Å². The molecule has 0 radical (unpaired) electrons. The Kier molecular flexibility index (Phi) is 5.65. The fourth-order valence-electron chi connectivity index (χ4n) is 3.79. The molecule has 1 aliphatic heterocycles. The van der Waals surface area contributed by atoms with Gasteiger partial charge in [0, 0.05) is 13.1 Å². The first kappa shape index (κ1) is 19.6. The number of nitrogens with zero attached hydrogens (tertiary/aromatic N) is 1. The van der Waals surface area contributed by atoms with Crippen LogP contribution in [0.4, 0.5) is 0 Å². The normalized spacial score (nSPS) is 16.8. The molecule has 0 bridgehead atoms. The Bertz CT molecular complexity index is 1120. The molecule has 4 rings (SSSR count). The van der Waals surface area contributed by atoms with Crippen molar-refractivity contribution in [3.63, 3.8) is 0 Å². The van der Waals surface area contributed by atoms with Crippen molar-refractivity contribution in [1.29, 1.82) is 0 Å². The number of fused-ring (bicyclic) bond motifs is 1. The van der Waals surface area contributed by atoms with Crippen LogP contribution in [0.2, 0.25) is 0 Å². The summed E-state index contributed by atoms with van der Waals surface area (Å²) in [5.41, 5.74) is 5.57. The summed E-state index contributed by atoms with van der Waals surface area (Å²) >= 11 is 0. The van der Waals surface area contributed by atoms with Crippen molar-refractivity contribution in [2.45, 2.75) is 24.7 Å². The Labute approximate surface area is 173 Å². The van der Waals surface area contributed by atoms with Gasteiger partial charge in [0.2, 0.25) is 10.0 Å². The van der Waals surface area contributed by atoms with Crippen LogP contribution < -0.4 is 0 Å². The van der Waals surface area contributed by atoms with Gasteiger partial charge in [0.05, 0.1) is 4.90 Å². The standard InChI is InChI=1S/C25H25NO2S/c1-20-13-15-24(16-14-20)29(27,28)26-17-7-11-22-10-5-6-12-25(22)23(19-26)18-21-8-3-2-4-9-21/h2-6,8-10,12-16,18H,7,11,17,19H2,1H3/b23-18+. The highest BCUT2D eigenvalue weighted by molar-refractivity contribution is 7.89. The summed E-state index contributed by atoms with van der Waals surface area (Å²) in [5.74, 6) is 0. The van der Waals surface area contributed by atoms with Gasteiger partial charge >= 0.3 is 0 Å². The Morgan fingerprint density at radius 2 is 1.55 bits per heavy atom. The van der Waals surface area contributed by atoms with Gasteiger partial charge in [0.25, 0.3) is 0 Å². The summed E-state index contributed by atoms with van der Waals surface area (Å²) < 4.78 is 28.4. The molecule has 3 aromatic rings. The molecule has 4 heteroatoms. The average Bonchev–Trinajstić information content (AvgIpc) is 2.72. The number of hydrogen-bond acceptors (Lipinski definition) is 2. The smallest absolute Gasteiger partial charge is 0.207 e. The van der Waals surface area contributed by atoms with E-state index in [-0.39, 0.29) is 0 Å². The largest absolute Gasteiger partial charge is 0.243 e. The third-order valence-corrected chi connectivity index (χ3v) is 7.22. The number of hydrogen-bond donors (Lipinski definition) is 0. The van der Waals surface area contributed by atoms with Crippen LogP contribution in [0.25, 0.3) is 11.6 Å². The lowest BCUT2D eigenvalue weighted by atomic mass is 9.93. The Hall–Kier alpha value is -2.69. The summed E-state index contributed by atoms with van der Waals surface area (Å²) in [4.78, 5) is 0.357. The average molecular weight is 404 g/mol. The highest BCUT2D eigenvalue weighted by atomic mass is 32.2. The molecule has 148 valence electrons. The van der Waals surface area contributed by atoms with Crippen LogP contribution in [0, 0.1) is 6.92 Å². The molecule has 29 heavy (non-hydrogen) atoms. The molecule has 0 aliphatic carbocycles. The topological polar surface area (TPSA) is 37.4 Å². The number of rotatable bonds is 3. The predicted molar refractivity (Wildman–Crippen MR) is 119 cm³/mol. The summed E-state index contributed by atoms with van der Waals surface area (Å²) in [6.07, 6.45) is 3.78. The van der Waals surface area contributed by atoms with Crippen molar-refractivity contribution in [3.8, 4) is 0 Å². The van der Waals surface area contributed by atoms with E-state index in [9.17, 15) is 8.42 Å². The fourth-order valence-corrected chi connectivity index (χ4v) is 5.25. The van der Waals surface area contributed by atoms with Crippen molar-refractivity contribution >= 4 is 21.7 Å². The van der Waals surface area contributed by atoms with Crippen LogP contribution in [0.1, 0.15) is 28.7 Å². The highest BCUT2D eigenvalue weighted by Gasteiger charge is 2.27. The maximum absolute atomic E-state index is 13.4. The quantitative estimate of drug-likeness (QED) is 0.605. The van der Waals surface area contributed by atoms with Gasteiger partial charge in [-0.3, -0.25) is 0 Å². The molecule has 0 fully saturated rings. The van der Waals surface area contributed by atoms with E-state index in [4.69, 9.17) is 0 Å². The SMILES string of the molecule is Cc1ccc(S(=O)(=O)N2CCCc3ccccc3/C(=C/c3ccccc3)C2)cc1. The minimum Gasteiger partial charge on any atom is -0.207 e. The molecule has 0 amide bonds. The van der Waals surface area contributed by atoms with Gasteiger partial charge in [-0.2, -0.15) is 4.31 Å². The second-order valence-electron chi connectivity index (χ2n) is 7.49. The van der Waals surface area contributed by atoms with Crippen molar-refractivity contribution in [2.75, 3.05) is 13.1 Å². The van der Waals surface area contributed by atoms with Gasteiger partial charge in [-0.25, -0.2) is 8.42 Å². The van der Waals surface area contributed by atoms with E-state index in [1.807, 2.05) is 55.5 Å². The maximum atomic E-state index is 13.4. The molecule has 0 unspecified atom stereocenters. The highest BCUT2D eigenvalue weighted by Crippen LogP contribution is 2.29. The third-order valence-electron chi connectivity index (χ3n) is 5.36. The molecule has 3 nitrogen and oxygen atoms in total. The van der Waals surface area contributed by atoms with Crippen LogP contribution in [0.3, 0.4) is 0 Å². The first-order valence-corrected chi connectivity index (χ1v) is 11.4. The van der Waals surface area contributed by atoms with E-state index in [0.717, 1.165) is 35.1 Å². The van der Waals surface area contributed by atoms with E-state index in [1.54, 1.807) is 16.4 Å². The van der Waals surface area contributed by atoms with E-state index in [0.29, 0.717) is 18.0 Å². The molecule has 1 aliphatic rings. The Morgan fingerprint density at radius 3 is 2.31 bits per heavy atom. The van der Waals surface area contributed by atoms with Crippen molar-refractivity contribution in [3.05, 3.63) is 101 Å². The zero-order valence-corrected chi connectivity index (χ0v) is 17.4. The van der Waals surface area contributed by atoms with E-state index < -0.39 is 10.0 Å². The van der Waals surface area contributed by atoms with Crippen LogP contribution >= 0.6 is 0 Å². The number of aryl methyl sites for hydroxylation is 2. The lowest BCUT2D eigenvalue weighted by Gasteiger charge is -2.27. The summed E-state index contributed by atoms with van der Waals surface area (Å²) in [7, 11) is -3.55. The van der Waals surface area contributed by atoms with Gasteiger partial charge in [-0.05, 0) is 60.2 Å². The van der Waals surface area contributed by atoms with Crippen LogP contribution in [-0.2, 0) is 16.4 Å². The van der Waals surface area contributed by atoms with E-state index in [2.05, 4.69) is 24.3 Å². The van der Waals surface area contributed by atoms with Crippen molar-refractivity contribution < 1.29 is 8.42 Å². The van der Waals surface area contributed by atoms with Gasteiger partial charge in [-0.1, -0.05) is 72.3 Å². The zero-order valence-electron chi connectivity index (χ0n) is 16.6. The summed E-state index contributed by atoms with van der Waals surface area (Å²) in [6.45, 7) is 2.84. The van der Waals surface area contributed by atoms with Gasteiger partial charge in [0.1, 0.15) is 0 Å². The molecule has 0 saturated carbocycles. The number of sulfonamides is 1. The molecule has 0 spiro atoms. The van der Waals surface area contributed by atoms with Crippen LogP contribution in [-0.4, -0.2) is 25.8 Å². The Morgan fingerprint density at radius 1 is 0.862 bits per heavy atom. The second kappa shape index (κ2) is 8.36. The summed E-state index contributed by atoms with van der Waals surface area (Å²) in [5, 5.41) is 0.